The minimum atomic E-state index is -0.156. The van der Waals surface area contributed by atoms with E-state index in [4.69, 9.17) is 0 Å². The van der Waals surface area contributed by atoms with Crippen molar-refractivity contribution in [3.05, 3.63) is 39.5 Å². The van der Waals surface area contributed by atoms with Gasteiger partial charge in [0, 0.05) is 17.8 Å². The Labute approximate surface area is 123 Å². The number of carbonyl (C=O) groups is 1. The van der Waals surface area contributed by atoms with Gasteiger partial charge in [-0.15, -0.1) is 11.3 Å². The van der Waals surface area contributed by atoms with Crippen LogP contribution in [0, 0.1) is 13.8 Å². The van der Waals surface area contributed by atoms with E-state index in [0.29, 0.717) is 0 Å². The van der Waals surface area contributed by atoms with E-state index >= 15 is 0 Å². The molecule has 0 unspecified atom stereocenters. The Hall–Kier alpha value is -1.68. The fraction of sp³-hybridized carbons (Fsp3) is 0.375. The van der Waals surface area contributed by atoms with Gasteiger partial charge in [0.1, 0.15) is 0 Å². The lowest BCUT2D eigenvalue weighted by Gasteiger charge is -2.13. The average molecular weight is 288 g/mol. The first-order valence-electron chi connectivity index (χ1n) is 6.74. The van der Waals surface area contributed by atoms with E-state index in [-0.39, 0.29) is 11.9 Å². The topological polar surface area (TPSA) is 34.4 Å². The Morgan fingerprint density at radius 2 is 1.80 bits per heavy atom. The zero-order chi connectivity index (χ0) is 14.9. The maximum Gasteiger partial charge on any atom is 0.245 e. The molecule has 0 aliphatic heterocycles. The highest BCUT2D eigenvalue weighted by Crippen LogP contribution is 2.28. The van der Waals surface area contributed by atoms with Gasteiger partial charge >= 0.3 is 0 Å². The average Bonchev–Trinajstić information content (AvgIpc) is 2.66. The Bertz CT molecular complexity index is 690. The molecule has 106 valence electrons. The molecule has 3 nitrogen and oxygen atoms in total. The molecule has 0 saturated carbocycles. The zero-order valence-electron chi connectivity index (χ0n) is 12.6. The Kier molecular flexibility index (Phi) is 4.23. The third-order valence-corrected chi connectivity index (χ3v) is 4.09. The number of aryl methyl sites for hydroxylation is 2. The van der Waals surface area contributed by atoms with Gasteiger partial charge in [0.05, 0.1) is 5.69 Å². The summed E-state index contributed by atoms with van der Waals surface area (Å²) in [6.45, 7) is 9.88. The van der Waals surface area contributed by atoms with Crippen molar-refractivity contribution in [1.82, 2.24) is 4.57 Å². The molecule has 0 spiro atoms. The minimum Gasteiger partial charge on any atom is -0.314 e. The van der Waals surface area contributed by atoms with Crippen LogP contribution in [0.25, 0.3) is 11.3 Å². The normalized spacial score (nSPS) is 12.2. The van der Waals surface area contributed by atoms with Gasteiger partial charge < -0.3 is 4.57 Å². The second-order valence-corrected chi connectivity index (χ2v) is 6.43. The van der Waals surface area contributed by atoms with Crippen LogP contribution in [0.2, 0.25) is 0 Å². The van der Waals surface area contributed by atoms with Crippen LogP contribution < -0.4 is 4.80 Å². The summed E-state index contributed by atoms with van der Waals surface area (Å²) in [4.78, 5) is 17.4. The molecule has 1 amide bonds. The van der Waals surface area contributed by atoms with Gasteiger partial charge in [-0.3, -0.25) is 4.79 Å². The molecule has 0 bridgehead atoms. The first kappa shape index (κ1) is 14.7. The molecule has 2 rings (SSSR count). The number of hydrogen-bond donors (Lipinski definition) is 0. The molecule has 1 heterocycles. The molecule has 1 aromatic carbocycles. The zero-order valence-corrected chi connectivity index (χ0v) is 13.4. The molecule has 0 aliphatic rings. The van der Waals surface area contributed by atoms with Crippen LogP contribution in [-0.4, -0.2) is 10.5 Å². The van der Waals surface area contributed by atoms with Gasteiger partial charge in [0.15, 0.2) is 4.80 Å². The number of thiazole rings is 1. The molecule has 0 fully saturated rings. The summed E-state index contributed by atoms with van der Waals surface area (Å²) in [6, 6.07) is 8.73. The van der Waals surface area contributed by atoms with Gasteiger partial charge in [-0.05, 0) is 33.3 Å². The van der Waals surface area contributed by atoms with Gasteiger partial charge in [-0.25, -0.2) is 0 Å². The van der Waals surface area contributed by atoms with Crippen molar-refractivity contribution < 1.29 is 4.79 Å². The number of hydrogen-bond acceptors (Lipinski definition) is 2. The SMILES string of the molecule is CC(=O)N=c1sc(C)c(-c2ccc(C)cc2)n1C(C)C. The van der Waals surface area contributed by atoms with E-state index in [1.807, 2.05) is 0 Å². The summed E-state index contributed by atoms with van der Waals surface area (Å²) >= 11 is 1.57. The highest BCUT2D eigenvalue weighted by molar-refractivity contribution is 7.09. The van der Waals surface area contributed by atoms with Crippen molar-refractivity contribution in [2.24, 2.45) is 4.99 Å². The number of carbonyl (C=O) groups excluding carboxylic acids is 1. The van der Waals surface area contributed by atoms with Crippen LogP contribution in [0.3, 0.4) is 0 Å². The van der Waals surface area contributed by atoms with E-state index in [2.05, 4.69) is 61.5 Å². The van der Waals surface area contributed by atoms with Crippen molar-refractivity contribution in [1.29, 1.82) is 0 Å². The smallest absolute Gasteiger partial charge is 0.245 e. The summed E-state index contributed by atoms with van der Waals surface area (Å²) in [5.74, 6) is -0.156. The maximum atomic E-state index is 11.3. The molecular weight excluding hydrogens is 268 g/mol. The van der Waals surface area contributed by atoms with Crippen molar-refractivity contribution in [3.8, 4) is 11.3 Å². The fourth-order valence-corrected chi connectivity index (χ4v) is 3.41. The summed E-state index contributed by atoms with van der Waals surface area (Å²) in [6.07, 6.45) is 0. The number of rotatable bonds is 2. The number of amides is 1. The first-order chi connectivity index (χ1) is 9.40. The molecule has 4 heteroatoms. The van der Waals surface area contributed by atoms with Gasteiger partial charge in [0.25, 0.3) is 0 Å². The van der Waals surface area contributed by atoms with Crippen molar-refractivity contribution in [2.75, 3.05) is 0 Å². The van der Waals surface area contributed by atoms with Gasteiger partial charge in [0.2, 0.25) is 5.91 Å². The summed E-state index contributed by atoms with van der Waals surface area (Å²) in [5.41, 5.74) is 3.57. The van der Waals surface area contributed by atoms with Crippen molar-refractivity contribution >= 4 is 17.2 Å². The molecule has 1 aromatic heterocycles. The predicted octanol–water partition coefficient (Wildman–Crippen LogP) is 3.86. The monoisotopic (exact) mass is 288 g/mol. The lowest BCUT2D eigenvalue weighted by Crippen LogP contribution is -2.19. The van der Waals surface area contributed by atoms with E-state index in [9.17, 15) is 4.79 Å². The fourth-order valence-electron chi connectivity index (χ4n) is 2.24. The highest BCUT2D eigenvalue weighted by atomic mass is 32.1. The number of benzene rings is 1. The van der Waals surface area contributed by atoms with Crippen LogP contribution in [0.4, 0.5) is 0 Å². The predicted molar refractivity (Wildman–Crippen MR) is 83.8 cm³/mol. The van der Waals surface area contributed by atoms with Crippen LogP contribution in [0.5, 0.6) is 0 Å². The summed E-state index contributed by atoms with van der Waals surface area (Å²) < 4.78 is 2.14. The molecule has 0 saturated heterocycles. The standard InChI is InChI=1S/C16H20N2OS/c1-10(2)18-15(14-8-6-11(3)7-9-14)12(4)20-16(18)17-13(5)19/h6-10H,1-5H3. The minimum absolute atomic E-state index is 0.156. The van der Waals surface area contributed by atoms with Gasteiger partial charge in [-0.1, -0.05) is 29.8 Å². The lowest BCUT2D eigenvalue weighted by atomic mass is 10.1. The second-order valence-electron chi connectivity index (χ2n) is 5.25. The Morgan fingerprint density at radius 1 is 1.20 bits per heavy atom. The molecule has 20 heavy (non-hydrogen) atoms. The van der Waals surface area contributed by atoms with E-state index in [0.717, 1.165) is 10.5 Å². The van der Waals surface area contributed by atoms with Crippen LogP contribution in [-0.2, 0) is 4.79 Å². The van der Waals surface area contributed by atoms with E-state index < -0.39 is 0 Å². The van der Waals surface area contributed by atoms with Crippen LogP contribution >= 0.6 is 11.3 Å². The quantitative estimate of drug-likeness (QED) is 0.826. The maximum absolute atomic E-state index is 11.3. The van der Waals surface area contributed by atoms with Crippen LogP contribution in [0.1, 0.15) is 37.3 Å². The highest BCUT2D eigenvalue weighted by Gasteiger charge is 2.15. The summed E-state index contributed by atoms with van der Waals surface area (Å²) in [7, 11) is 0. The second kappa shape index (κ2) is 5.75. The van der Waals surface area contributed by atoms with Crippen LogP contribution in [0.15, 0.2) is 29.3 Å². The summed E-state index contributed by atoms with van der Waals surface area (Å²) in [5, 5.41) is 0. The largest absolute Gasteiger partial charge is 0.314 e. The molecule has 0 aliphatic carbocycles. The molecule has 0 atom stereocenters. The molecule has 0 radical (unpaired) electrons. The molecular formula is C16H20N2OS. The van der Waals surface area contributed by atoms with E-state index in [1.54, 1.807) is 11.3 Å². The third kappa shape index (κ3) is 2.90. The molecule has 2 aromatic rings. The van der Waals surface area contributed by atoms with E-state index in [1.165, 1.54) is 22.9 Å². The molecule has 0 N–H and O–H groups in total. The van der Waals surface area contributed by atoms with Gasteiger partial charge in [-0.2, -0.15) is 4.99 Å². The van der Waals surface area contributed by atoms with Crippen molar-refractivity contribution in [3.63, 3.8) is 0 Å². The Balaban J connectivity index is 2.73. The number of nitrogens with zero attached hydrogens (tertiary/aromatic N) is 2. The Morgan fingerprint density at radius 3 is 2.30 bits per heavy atom. The lowest BCUT2D eigenvalue weighted by molar-refractivity contribution is -0.116. The first-order valence-corrected chi connectivity index (χ1v) is 7.56. The number of aromatic nitrogens is 1. The van der Waals surface area contributed by atoms with Crippen molar-refractivity contribution in [2.45, 2.75) is 40.7 Å². The third-order valence-electron chi connectivity index (χ3n) is 3.12.